The highest BCUT2D eigenvalue weighted by atomic mass is 32.2. The van der Waals surface area contributed by atoms with Gasteiger partial charge in [0, 0.05) is 41.7 Å². The van der Waals surface area contributed by atoms with Gasteiger partial charge in [-0.25, -0.2) is 0 Å². The molecule has 150 valence electrons. The molecule has 6 heteroatoms. The summed E-state index contributed by atoms with van der Waals surface area (Å²) in [6.07, 6.45) is 2.86. The van der Waals surface area contributed by atoms with Gasteiger partial charge in [0.2, 0.25) is 5.91 Å². The summed E-state index contributed by atoms with van der Waals surface area (Å²) in [7, 11) is -0.944. The second kappa shape index (κ2) is 8.26. The van der Waals surface area contributed by atoms with E-state index in [2.05, 4.69) is 25.1 Å². The Morgan fingerprint density at radius 2 is 1.67 bits per heavy atom. The molecular weight excluding hydrogens is 376 g/mol. The number of nitrogens with zero attached hydrogens (tertiary/aromatic N) is 2. The molecule has 1 unspecified atom stereocenters. The third-order valence-corrected chi connectivity index (χ3v) is 8.59. The van der Waals surface area contributed by atoms with Crippen LogP contribution in [-0.4, -0.2) is 45.6 Å². The van der Waals surface area contributed by atoms with E-state index in [-0.39, 0.29) is 11.3 Å². The first-order valence-corrected chi connectivity index (χ1v) is 12.2. The predicted octanol–water partition coefficient (Wildman–Crippen LogP) is 4.33. The van der Waals surface area contributed by atoms with E-state index in [0.29, 0.717) is 11.2 Å². The van der Waals surface area contributed by atoms with Crippen LogP contribution in [0.5, 0.6) is 0 Å². The van der Waals surface area contributed by atoms with Crippen molar-refractivity contribution in [3.05, 3.63) is 24.3 Å². The molecule has 27 heavy (non-hydrogen) atoms. The number of rotatable bonds is 5. The fraction of sp³-hybridized carbons (Fsp3) is 0.667. The van der Waals surface area contributed by atoms with E-state index in [1.807, 2.05) is 48.0 Å². The average Bonchev–Trinajstić information content (AvgIpc) is 2.96. The Morgan fingerprint density at radius 1 is 1.07 bits per heavy atom. The summed E-state index contributed by atoms with van der Waals surface area (Å²) in [5.41, 5.74) is 1.09. The number of anilines is 1. The van der Waals surface area contributed by atoms with Crippen LogP contribution in [0.15, 0.2) is 29.2 Å². The maximum Gasteiger partial charge on any atom is 0.233 e. The summed E-state index contributed by atoms with van der Waals surface area (Å²) >= 11 is 1.93. The molecule has 1 atom stereocenters. The summed E-state index contributed by atoms with van der Waals surface area (Å²) in [4.78, 5) is 16.0. The number of carbonyl (C=O) groups is 1. The Balaban J connectivity index is 1.61. The summed E-state index contributed by atoms with van der Waals surface area (Å²) < 4.78 is 14.4. The second-order valence-electron chi connectivity index (χ2n) is 8.88. The van der Waals surface area contributed by atoms with Crippen molar-refractivity contribution in [3.8, 4) is 0 Å². The first-order chi connectivity index (χ1) is 12.7. The summed E-state index contributed by atoms with van der Waals surface area (Å²) in [5, 5.41) is 0. The van der Waals surface area contributed by atoms with Gasteiger partial charge in [-0.3, -0.25) is 13.3 Å². The van der Waals surface area contributed by atoms with Crippen LogP contribution in [0.4, 0.5) is 5.69 Å². The van der Waals surface area contributed by atoms with E-state index < -0.39 is 10.8 Å². The van der Waals surface area contributed by atoms with Crippen molar-refractivity contribution in [2.75, 3.05) is 36.0 Å². The zero-order valence-electron chi connectivity index (χ0n) is 17.0. The molecule has 0 aromatic heterocycles. The number of carbonyl (C=O) groups excluding carboxylic acids is 1. The third-order valence-electron chi connectivity index (χ3n) is 5.55. The molecule has 1 aromatic carbocycles. The Labute approximate surface area is 170 Å². The molecule has 1 amide bonds. The first kappa shape index (κ1) is 20.9. The van der Waals surface area contributed by atoms with Gasteiger partial charge in [-0.15, -0.1) is 0 Å². The molecule has 1 spiro atoms. The Hall–Kier alpha value is -0.850. The summed E-state index contributed by atoms with van der Waals surface area (Å²) in [6.45, 7) is 11.5. The maximum atomic E-state index is 13.2. The summed E-state index contributed by atoms with van der Waals surface area (Å²) in [6, 6.07) is 7.71. The number of hydrogen-bond acceptors (Lipinski definition) is 4. The van der Waals surface area contributed by atoms with Crippen LogP contribution < -0.4 is 4.90 Å². The number of piperidine rings is 1. The quantitative estimate of drug-likeness (QED) is 0.680. The number of benzene rings is 1. The van der Waals surface area contributed by atoms with E-state index in [1.165, 1.54) is 0 Å². The maximum absolute atomic E-state index is 13.2. The normalized spacial score (nSPS) is 21.8. The fourth-order valence-electron chi connectivity index (χ4n) is 3.80. The molecule has 2 saturated heterocycles. The van der Waals surface area contributed by atoms with E-state index in [9.17, 15) is 9.00 Å². The van der Waals surface area contributed by atoms with E-state index >= 15 is 0 Å². The van der Waals surface area contributed by atoms with E-state index in [1.54, 1.807) is 0 Å². The van der Waals surface area contributed by atoms with Crippen molar-refractivity contribution < 1.29 is 9.00 Å². The molecule has 2 aliphatic heterocycles. The van der Waals surface area contributed by atoms with Crippen molar-refractivity contribution in [1.82, 2.24) is 4.31 Å². The van der Waals surface area contributed by atoms with Gasteiger partial charge < -0.3 is 4.90 Å². The lowest BCUT2D eigenvalue weighted by Gasteiger charge is -2.38. The van der Waals surface area contributed by atoms with Gasteiger partial charge in [-0.05, 0) is 48.9 Å². The first-order valence-electron chi connectivity index (χ1n) is 9.92. The standard InChI is InChI=1S/C21H32N2O2S2/c1-5-27(25)18-8-6-17(7-9-18)23-15-12-21(19(23)24)10-13-22(14-11-21)26-16-20(2,3)4/h6-9H,5,10-16H2,1-4H3. The van der Waals surface area contributed by atoms with Crippen LogP contribution in [0.25, 0.3) is 0 Å². The molecule has 0 bridgehead atoms. The zero-order valence-corrected chi connectivity index (χ0v) is 18.6. The van der Waals surface area contributed by atoms with Gasteiger partial charge in [0.15, 0.2) is 0 Å². The van der Waals surface area contributed by atoms with Crippen molar-refractivity contribution >= 4 is 34.3 Å². The molecule has 2 aliphatic rings. The lowest BCUT2D eigenvalue weighted by atomic mass is 9.77. The highest BCUT2D eigenvalue weighted by molar-refractivity contribution is 7.97. The SMILES string of the molecule is CCS(=O)c1ccc(N2CCC3(CCN(SCC(C)(C)C)CC3)C2=O)cc1. The summed E-state index contributed by atoms with van der Waals surface area (Å²) in [5.74, 6) is 2.02. The molecule has 3 rings (SSSR count). The van der Waals surface area contributed by atoms with Crippen LogP contribution in [0.3, 0.4) is 0 Å². The number of hydrogen-bond donors (Lipinski definition) is 0. The van der Waals surface area contributed by atoms with Crippen molar-refractivity contribution in [2.45, 2.75) is 51.9 Å². The van der Waals surface area contributed by atoms with Crippen molar-refractivity contribution in [3.63, 3.8) is 0 Å². The predicted molar refractivity (Wildman–Crippen MR) is 116 cm³/mol. The minimum absolute atomic E-state index is 0.177. The van der Waals surface area contributed by atoms with Crippen LogP contribution >= 0.6 is 11.9 Å². The fourth-order valence-corrected chi connectivity index (χ4v) is 5.59. The van der Waals surface area contributed by atoms with Crippen LogP contribution in [0.2, 0.25) is 0 Å². The van der Waals surface area contributed by atoms with Crippen LogP contribution in [0.1, 0.15) is 47.0 Å². The molecule has 0 N–H and O–H groups in total. The third kappa shape index (κ3) is 4.77. The Bertz CT molecular complexity index is 689. The minimum atomic E-state index is -0.944. The van der Waals surface area contributed by atoms with Gasteiger partial charge in [-0.2, -0.15) is 0 Å². The topological polar surface area (TPSA) is 40.6 Å². The van der Waals surface area contributed by atoms with Gasteiger partial charge in [0.05, 0.1) is 16.2 Å². The van der Waals surface area contributed by atoms with E-state index in [0.717, 1.165) is 55.2 Å². The molecule has 2 heterocycles. The van der Waals surface area contributed by atoms with E-state index in [4.69, 9.17) is 0 Å². The lowest BCUT2D eigenvalue weighted by Crippen LogP contribution is -2.43. The monoisotopic (exact) mass is 408 g/mol. The Kier molecular flexibility index (Phi) is 6.38. The largest absolute Gasteiger partial charge is 0.312 e. The van der Waals surface area contributed by atoms with Gasteiger partial charge in [0.25, 0.3) is 0 Å². The number of amides is 1. The zero-order chi connectivity index (χ0) is 19.7. The van der Waals surface area contributed by atoms with Crippen molar-refractivity contribution in [2.24, 2.45) is 10.8 Å². The molecule has 2 fully saturated rings. The second-order valence-corrected chi connectivity index (χ2v) is 11.7. The molecule has 1 aromatic rings. The highest BCUT2D eigenvalue weighted by Crippen LogP contribution is 2.44. The lowest BCUT2D eigenvalue weighted by molar-refractivity contribution is -0.127. The molecule has 0 radical (unpaired) electrons. The highest BCUT2D eigenvalue weighted by Gasteiger charge is 2.48. The minimum Gasteiger partial charge on any atom is -0.312 e. The van der Waals surface area contributed by atoms with Crippen LogP contribution in [0, 0.1) is 10.8 Å². The Morgan fingerprint density at radius 3 is 2.22 bits per heavy atom. The molecule has 4 nitrogen and oxygen atoms in total. The van der Waals surface area contributed by atoms with Gasteiger partial charge >= 0.3 is 0 Å². The molecule has 0 aliphatic carbocycles. The van der Waals surface area contributed by atoms with Crippen LogP contribution in [-0.2, 0) is 15.6 Å². The van der Waals surface area contributed by atoms with Gasteiger partial charge in [0.1, 0.15) is 0 Å². The van der Waals surface area contributed by atoms with Crippen molar-refractivity contribution in [1.29, 1.82) is 0 Å². The van der Waals surface area contributed by atoms with Gasteiger partial charge in [-0.1, -0.05) is 39.6 Å². The smallest absolute Gasteiger partial charge is 0.233 e. The molecular formula is C21H32N2O2S2. The average molecular weight is 409 g/mol. The molecule has 0 saturated carbocycles.